The normalized spacial score (nSPS) is 18.3. The Morgan fingerprint density at radius 2 is 1.92 bits per heavy atom. The number of nitrogens with zero attached hydrogens (tertiary/aromatic N) is 3. The van der Waals surface area contributed by atoms with Crippen LogP contribution in [0.1, 0.15) is 40.1 Å². The molecule has 0 fully saturated rings. The van der Waals surface area contributed by atoms with Gasteiger partial charge in [-0.25, -0.2) is 9.37 Å². The van der Waals surface area contributed by atoms with E-state index in [9.17, 15) is 19.1 Å². The van der Waals surface area contributed by atoms with Crippen LogP contribution in [0.5, 0.6) is 5.88 Å². The number of halogens is 1. The zero-order valence-electron chi connectivity index (χ0n) is 21.5. The van der Waals surface area contributed by atoms with Crippen LogP contribution >= 0.6 is 0 Å². The minimum Gasteiger partial charge on any atom is -0.472 e. The Kier molecular flexibility index (Phi) is 7.88. The molecule has 3 atom stereocenters. The van der Waals surface area contributed by atoms with Gasteiger partial charge in [-0.2, -0.15) is 0 Å². The van der Waals surface area contributed by atoms with Gasteiger partial charge in [-0.05, 0) is 55.3 Å². The molecule has 4 rings (SSSR count). The topological polar surface area (TPSA) is 83.0 Å². The summed E-state index contributed by atoms with van der Waals surface area (Å²) in [6, 6.07) is 14.6. The Balaban J connectivity index is 1.68. The van der Waals surface area contributed by atoms with Crippen molar-refractivity contribution in [1.82, 2.24) is 14.8 Å². The van der Waals surface area contributed by atoms with Crippen LogP contribution in [0, 0.1) is 18.7 Å². The molecule has 0 saturated heterocycles. The highest BCUT2D eigenvalue weighted by Gasteiger charge is 2.35. The number of rotatable bonds is 6. The maximum absolute atomic E-state index is 13.7. The van der Waals surface area contributed by atoms with Crippen LogP contribution in [0.25, 0.3) is 11.1 Å². The third-order valence-corrected chi connectivity index (χ3v) is 6.87. The van der Waals surface area contributed by atoms with Crippen molar-refractivity contribution in [3.05, 3.63) is 83.3 Å². The van der Waals surface area contributed by atoms with E-state index in [0.29, 0.717) is 17.7 Å². The molecule has 8 heteroatoms. The molecule has 1 aliphatic heterocycles. The van der Waals surface area contributed by atoms with E-state index in [0.717, 1.165) is 16.7 Å². The highest BCUT2D eigenvalue weighted by molar-refractivity contribution is 5.98. The first-order valence-corrected chi connectivity index (χ1v) is 12.3. The summed E-state index contributed by atoms with van der Waals surface area (Å²) in [5.74, 6) is -0.922. The minimum atomic E-state index is -0.480. The average molecular weight is 506 g/mol. The van der Waals surface area contributed by atoms with Gasteiger partial charge in [-0.3, -0.25) is 9.59 Å². The van der Waals surface area contributed by atoms with Crippen molar-refractivity contribution in [1.29, 1.82) is 0 Å². The number of aliphatic hydroxyl groups excluding tert-OH is 1. The molecule has 0 unspecified atom stereocenters. The number of hydrogen-bond acceptors (Lipinski definition) is 5. The van der Waals surface area contributed by atoms with Gasteiger partial charge in [0.2, 0.25) is 5.88 Å². The summed E-state index contributed by atoms with van der Waals surface area (Å²) < 4.78 is 19.6. The monoisotopic (exact) mass is 505 g/mol. The van der Waals surface area contributed by atoms with E-state index in [2.05, 4.69) is 4.98 Å². The standard InChI is InChI=1S/C29H32FN3O4/c1-18-7-5-6-8-24(18)22-13-25-27(31-14-22)37-26(19(2)15-33(29(25)36)20(3)17-34)16-32(4)28(35)21-9-11-23(30)12-10-21/h5-14,19-20,26,34H,15-17H2,1-4H3/t19-,20+,26-/m0/s1. The van der Waals surface area contributed by atoms with E-state index in [4.69, 9.17) is 4.74 Å². The number of fused-ring (bicyclic) bond motifs is 1. The number of carbonyl (C=O) groups is 2. The first-order chi connectivity index (χ1) is 17.7. The number of hydrogen-bond donors (Lipinski definition) is 1. The van der Waals surface area contributed by atoms with E-state index >= 15 is 0 Å². The second kappa shape index (κ2) is 11.1. The summed E-state index contributed by atoms with van der Waals surface area (Å²) in [4.78, 5) is 34.3. The van der Waals surface area contributed by atoms with Crippen LogP contribution in [0.15, 0.2) is 60.8 Å². The molecule has 2 aromatic carbocycles. The number of aromatic nitrogens is 1. The number of aryl methyl sites for hydroxylation is 1. The zero-order chi connectivity index (χ0) is 26.7. The van der Waals surface area contributed by atoms with Crippen LogP contribution in [0.2, 0.25) is 0 Å². The second-order valence-electron chi connectivity index (χ2n) is 9.71. The summed E-state index contributed by atoms with van der Waals surface area (Å²) in [5.41, 5.74) is 3.49. The van der Waals surface area contributed by atoms with E-state index in [1.807, 2.05) is 38.1 Å². The minimum absolute atomic E-state index is 0.174. The lowest BCUT2D eigenvalue weighted by molar-refractivity contribution is 0.0313. The summed E-state index contributed by atoms with van der Waals surface area (Å²) in [5, 5.41) is 9.88. The van der Waals surface area contributed by atoms with Crippen LogP contribution in [-0.2, 0) is 0 Å². The molecule has 1 N–H and O–H groups in total. The van der Waals surface area contributed by atoms with Gasteiger partial charge < -0.3 is 19.6 Å². The first kappa shape index (κ1) is 26.3. The van der Waals surface area contributed by atoms with Crippen molar-refractivity contribution >= 4 is 11.8 Å². The van der Waals surface area contributed by atoms with Crippen molar-refractivity contribution in [3.63, 3.8) is 0 Å². The van der Waals surface area contributed by atoms with Crippen LogP contribution in [-0.4, -0.2) is 70.6 Å². The van der Waals surface area contributed by atoms with Crippen LogP contribution in [0.3, 0.4) is 0 Å². The van der Waals surface area contributed by atoms with Crippen molar-refractivity contribution in [2.75, 3.05) is 26.7 Å². The largest absolute Gasteiger partial charge is 0.472 e. The number of amides is 2. The fourth-order valence-electron chi connectivity index (χ4n) is 4.53. The van der Waals surface area contributed by atoms with Crippen LogP contribution < -0.4 is 4.74 Å². The second-order valence-corrected chi connectivity index (χ2v) is 9.71. The molecular formula is C29H32FN3O4. The van der Waals surface area contributed by atoms with Crippen molar-refractivity contribution < 1.29 is 23.8 Å². The van der Waals surface area contributed by atoms with Gasteiger partial charge in [-0.1, -0.05) is 31.2 Å². The molecular weight excluding hydrogens is 473 g/mol. The smallest absolute Gasteiger partial charge is 0.259 e. The molecule has 0 aliphatic carbocycles. The summed E-state index contributed by atoms with van der Waals surface area (Å²) in [6.07, 6.45) is 1.21. The fraction of sp³-hybridized carbons (Fsp3) is 0.345. The molecule has 2 amide bonds. The highest BCUT2D eigenvalue weighted by atomic mass is 19.1. The third kappa shape index (κ3) is 5.64. The molecule has 3 aromatic rings. The predicted octanol–water partition coefficient (Wildman–Crippen LogP) is 4.19. The van der Waals surface area contributed by atoms with Gasteiger partial charge in [-0.15, -0.1) is 0 Å². The lowest BCUT2D eigenvalue weighted by Gasteiger charge is -2.37. The number of aliphatic hydroxyl groups is 1. The Morgan fingerprint density at radius 3 is 2.59 bits per heavy atom. The van der Waals surface area contributed by atoms with Gasteiger partial charge in [0, 0.05) is 36.8 Å². The van der Waals surface area contributed by atoms with Crippen molar-refractivity contribution in [3.8, 4) is 17.0 Å². The molecule has 0 radical (unpaired) electrons. The molecule has 1 aliphatic rings. The SMILES string of the molecule is Cc1ccccc1-c1cnc2c(c1)C(=O)N([C@H](C)CO)C[C@H](C)[C@H](CN(C)C(=O)c1ccc(F)cc1)O2. The van der Waals surface area contributed by atoms with E-state index in [1.165, 1.54) is 29.2 Å². The maximum atomic E-state index is 13.7. The molecule has 0 saturated carbocycles. The lowest BCUT2D eigenvalue weighted by Crippen LogP contribution is -2.50. The third-order valence-electron chi connectivity index (χ3n) is 6.87. The van der Waals surface area contributed by atoms with Gasteiger partial charge in [0.1, 0.15) is 17.5 Å². The van der Waals surface area contributed by atoms with Crippen LogP contribution in [0.4, 0.5) is 4.39 Å². The maximum Gasteiger partial charge on any atom is 0.259 e. The number of carbonyl (C=O) groups excluding carboxylic acids is 2. The van der Waals surface area contributed by atoms with Gasteiger partial charge in [0.15, 0.2) is 0 Å². The number of ether oxygens (including phenoxy) is 1. The first-order valence-electron chi connectivity index (χ1n) is 12.3. The molecule has 7 nitrogen and oxygen atoms in total. The molecule has 37 heavy (non-hydrogen) atoms. The Hall–Kier alpha value is -3.78. The van der Waals surface area contributed by atoms with Gasteiger partial charge >= 0.3 is 0 Å². The van der Waals surface area contributed by atoms with E-state index in [-0.39, 0.29) is 36.8 Å². The Labute approximate surface area is 216 Å². The van der Waals surface area contributed by atoms with Crippen molar-refractivity contribution in [2.45, 2.75) is 32.9 Å². The van der Waals surface area contributed by atoms with E-state index < -0.39 is 18.0 Å². The highest BCUT2D eigenvalue weighted by Crippen LogP contribution is 2.31. The molecule has 194 valence electrons. The zero-order valence-corrected chi connectivity index (χ0v) is 21.5. The molecule has 0 bridgehead atoms. The predicted molar refractivity (Wildman–Crippen MR) is 139 cm³/mol. The number of benzene rings is 2. The summed E-state index contributed by atoms with van der Waals surface area (Å²) in [7, 11) is 1.66. The summed E-state index contributed by atoms with van der Waals surface area (Å²) >= 11 is 0. The Bertz CT molecular complexity index is 1280. The van der Waals surface area contributed by atoms with Gasteiger partial charge in [0.25, 0.3) is 11.8 Å². The average Bonchev–Trinajstić information content (AvgIpc) is 2.90. The molecule has 2 heterocycles. The number of likely N-dealkylation sites (N-methyl/N-ethyl adjacent to an activating group) is 1. The Morgan fingerprint density at radius 1 is 1.22 bits per heavy atom. The van der Waals surface area contributed by atoms with Crippen molar-refractivity contribution in [2.24, 2.45) is 5.92 Å². The molecule has 1 aromatic heterocycles. The quantitative estimate of drug-likeness (QED) is 0.543. The lowest BCUT2D eigenvalue weighted by atomic mass is 9.98. The molecule has 0 spiro atoms. The number of pyridine rings is 1. The van der Waals surface area contributed by atoms with E-state index in [1.54, 1.807) is 31.1 Å². The summed E-state index contributed by atoms with van der Waals surface area (Å²) in [6.45, 7) is 6.11. The fourth-order valence-corrected chi connectivity index (χ4v) is 4.53. The van der Waals surface area contributed by atoms with Gasteiger partial charge in [0.05, 0.1) is 19.2 Å².